The number of hydrogen-bond acceptors (Lipinski definition) is 3. The molecular weight excluding hydrogens is 246 g/mol. The Labute approximate surface area is 94.0 Å². The number of carboxylic acid groups (broad SMARTS) is 1. The largest absolute Gasteiger partial charge is 0.479 e. The predicted octanol–water partition coefficient (Wildman–Crippen LogP) is 2.06. The topological polar surface area (TPSA) is 66.8 Å². The predicted molar refractivity (Wildman–Crippen MR) is 50.7 cm³/mol. The van der Waals surface area contributed by atoms with Crippen molar-refractivity contribution >= 4 is 17.6 Å². The summed E-state index contributed by atoms with van der Waals surface area (Å²) in [5, 5.41) is 17.9. The first-order chi connectivity index (χ1) is 7.41. The number of ether oxygens (including phenoxy) is 1. The molecule has 0 aliphatic carbocycles. The SMILES string of the molecule is O=C(O)C(O)c1cc(Cl)ccc1OC(F)F. The van der Waals surface area contributed by atoms with E-state index in [0.29, 0.717) is 0 Å². The summed E-state index contributed by atoms with van der Waals surface area (Å²) in [6.45, 7) is -3.11. The average molecular weight is 253 g/mol. The Balaban J connectivity index is 3.12. The molecule has 0 bridgehead atoms. The van der Waals surface area contributed by atoms with Crippen molar-refractivity contribution in [2.75, 3.05) is 0 Å². The molecule has 0 saturated carbocycles. The van der Waals surface area contributed by atoms with E-state index in [-0.39, 0.29) is 10.6 Å². The lowest BCUT2D eigenvalue weighted by molar-refractivity contribution is -0.147. The van der Waals surface area contributed by atoms with E-state index in [1.54, 1.807) is 0 Å². The molecule has 0 saturated heterocycles. The van der Waals surface area contributed by atoms with Gasteiger partial charge in [-0.05, 0) is 18.2 Å². The monoisotopic (exact) mass is 252 g/mol. The van der Waals surface area contributed by atoms with E-state index in [9.17, 15) is 18.7 Å². The smallest absolute Gasteiger partial charge is 0.387 e. The van der Waals surface area contributed by atoms with Crippen LogP contribution in [0.15, 0.2) is 18.2 Å². The Morgan fingerprint density at radius 1 is 1.44 bits per heavy atom. The van der Waals surface area contributed by atoms with E-state index in [2.05, 4.69) is 4.74 Å². The molecule has 16 heavy (non-hydrogen) atoms. The molecule has 0 amide bonds. The third kappa shape index (κ3) is 3.04. The van der Waals surface area contributed by atoms with Gasteiger partial charge < -0.3 is 14.9 Å². The summed E-state index contributed by atoms with van der Waals surface area (Å²) in [7, 11) is 0. The third-order valence-corrected chi connectivity index (χ3v) is 1.95. The quantitative estimate of drug-likeness (QED) is 0.861. The summed E-state index contributed by atoms with van der Waals surface area (Å²) in [6.07, 6.45) is -1.97. The Morgan fingerprint density at radius 3 is 2.56 bits per heavy atom. The lowest BCUT2D eigenvalue weighted by Crippen LogP contribution is -2.13. The molecule has 0 aliphatic heterocycles. The minimum absolute atomic E-state index is 0.108. The van der Waals surface area contributed by atoms with Gasteiger partial charge in [0.2, 0.25) is 0 Å². The van der Waals surface area contributed by atoms with E-state index in [4.69, 9.17) is 16.7 Å². The highest BCUT2D eigenvalue weighted by Gasteiger charge is 2.22. The van der Waals surface area contributed by atoms with Gasteiger partial charge in [-0.3, -0.25) is 0 Å². The van der Waals surface area contributed by atoms with Crippen LogP contribution in [-0.2, 0) is 4.79 Å². The van der Waals surface area contributed by atoms with E-state index in [1.807, 2.05) is 0 Å². The van der Waals surface area contributed by atoms with Crippen molar-refractivity contribution in [3.8, 4) is 5.75 Å². The maximum atomic E-state index is 12.0. The number of rotatable bonds is 4. The van der Waals surface area contributed by atoms with Gasteiger partial charge in [0.1, 0.15) is 5.75 Å². The second-order valence-electron chi connectivity index (χ2n) is 2.80. The van der Waals surface area contributed by atoms with Crippen molar-refractivity contribution in [2.45, 2.75) is 12.7 Å². The van der Waals surface area contributed by atoms with Crippen molar-refractivity contribution in [1.29, 1.82) is 0 Å². The van der Waals surface area contributed by atoms with E-state index in [0.717, 1.165) is 12.1 Å². The highest BCUT2D eigenvalue weighted by atomic mass is 35.5. The number of alkyl halides is 2. The first-order valence-corrected chi connectivity index (χ1v) is 4.44. The Hall–Kier alpha value is -1.40. The van der Waals surface area contributed by atoms with Gasteiger partial charge >= 0.3 is 12.6 Å². The standard InChI is InChI=1S/C9H7ClF2O4/c10-4-1-2-6(16-9(11)12)5(3-4)7(13)8(14)15/h1-3,7,9,13H,(H,14,15). The summed E-state index contributed by atoms with van der Waals surface area (Å²) in [5.41, 5.74) is -0.319. The molecule has 1 atom stereocenters. The van der Waals surface area contributed by atoms with Crippen LogP contribution in [0.3, 0.4) is 0 Å². The molecule has 88 valence electrons. The molecular formula is C9H7ClF2O4. The highest BCUT2D eigenvalue weighted by Crippen LogP contribution is 2.29. The van der Waals surface area contributed by atoms with E-state index >= 15 is 0 Å². The third-order valence-electron chi connectivity index (χ3n) is 1.72. The van der Waals surface area contributed by atoms with Crippen molar-refractivity contribution in [2.24, 2.45) is 0 Å². The minimum atomic E-state index is -3.11. The van der Waals surface area contributed by atoms with Crippen LogP contribution >= 0.6 is 11.6 Å². The fraction of sp³-hybridized carbons (Fsp3) is 0.222. The zero-order valence-corrected chi connectivity index (χ0v) is 8.49. The summed E-state index contributed by atoms with van der Waals surface area (Å²) in [5.74, 6) is -2.00. The molecule has 0 spiro atoms. The normalized spacial score (nSPS) is 12.6. The van der Waals surface area contributed by atoms with Gasteiger partial charge in [-0.15, -0.1) is 0 Å². The Morgan fingerprint density at radius 2 is 2.06 bits per heavy atom. The lowest BCUT2D eigenvalue weighted by Gasteiger charge is -2.13. The second-order valence-corrected chi connectivity index (χ2v) is 3.24. The van der Waals surface area contributed by atoms with Gasteiger partial charge in [0.15, 0.2) is 6.10 Å². The van der Waals surface area contributed by atoms with Gasteiger partial charge in [0.25, 0.3) is 0 Å². The van der Waals surface area contributed by atoms with Crippen molar-refractivity contribution in [1.82, 2.24) is 0 Å². The van der Waals surface area contributed by atoms with E-state index in [1.165, 1.54) is 6.07 Å². The number of carbonyl (C=O) groups is 1. The molecule has 0 fully saturated rings. The number of aliphatic hydroxyl groups excluding tert-OH is 1. The van der Waals surface area contributed by atoms with Gasteiger partial charge in [-0.2, -0.15) is 8.78 Å². The molecule has 1 rings (SSSR count). The van der Waals surface area contributed by atoms with Gasteiger partial charge in [0, 0.05) is 10.6 Å². The molecule has 7 heteroatoms. The fourth-order valence-corrected chi connectivity index (χ4v) is 1.25. The second kappa shape index (κ2) is 5.09. The minimum Gasteiger partial charge on any atom is -0.479 e. The van der Waals surface area contributed by atoms with Crippen LogP contribution < -0.4 is 4.74 Å². The summed E-state index contributed by atoms with van der Waals surface area (Å²) in [4.78, 5) is 10.5. The van der Waals surface area contributed by atoms with Crippen LogP contribution in [0.25, 0.3) is 0 Å². The van der Waals surface area contributed by atoms with Crippen molar-refractivity contribution in [3.63, 3.8) is 0 Å². The molecule has 2 N–H and O–H groups in total. The summed E-state index contributed by atoms with van der Waals surface area (Å²) < 4.78 is 28.0. The average Bonchev–Trinajstić information content (AvgIpc) is 2.18. The van der Waals surface area contributed by atoms with E-state index < -0.39 is 24.4 Å². The fourth-order valence-electron chi connectivity index (χ4n) is 1.07. The van der Waals surface area contributed by atoms with Crippen molar-refractivity contribution < 1.29 is 28.5 Å². The molecule has 1 aromatic rings. The molecule has 1 unspecified atom stereocenters. The summed E-state index contributed by atoms with van der Waals surface area (Å²) >= 11 is 5.56. The van der Waals surface area contributed by atoms with Gasteiger partial charge in [-0.1, -0.05) is 11.6 Å². The molecule has 4 nitrogen and oxygen atoms in total. The summed E-state index contributed by atoms with van der Waals surface area (Å²) in [6, 6.07) is 3.37. The van der Waals surface area contributed by atoms with Gasteiger partial charge in [0.05, 0.1) is 0 Å². The number of aliphatic carboxylic acids is 1. The van der Waals surface area contributed by atoms with Crippen LogP contribution in [0.4, 0.5) is 8.78 Å². The maximum Gasteiger partial charge on any atom is 0.387 e. The molecule has 0 radical (unpaired) electrons. The molecule has 1 aromatic carbocycles. The number of carboxylic acids is 1. The first-order valence-electron chi connectivity index (χ1n) is 4.07. The van der Waals surface area contributed by atoms with Crippen LogP contribution in [-0.4, -0.2) is 22.8 Å². The molecule has 0 aromatic heterocycles. The first kappa shape index (κ1) is 12.7. The maximum absolute atomic E-state index is 12.0. The molecule has 0 aliphatic rings. The number of halogens is 3. The van der Waals surface area contributed by atoms with Crippen molar-refractivity contribution in [3.05, 3.63) is 28.8 Å². The van der Waals surface area contributed by atoms with Crippen LogP contribution in [0.5, 0.6) is 5.75 Å². The number of hydrogen-bond donors (Lipinski definition) is 2. The Kier molecular flexibility index (Phi) is 4.03. The Bertz CT molecular complexity index is 397. The molecule has 0 heterocycles. The zero-order valence-electron chi connectivity index (χ0n) is 7.73. The number of benzene rings is 1. The van der Waals surface area contributed by atoms with Crippen LogP contribution in [0, 0.1) is 0 Å². The van der Waals surface area contributed by atoms with Gasteiger partial charge in [-0.25, -0.2) is 4.79 Å². The lowest BCUT2D eigenvalue weighted by atomic mass is 10.1. The van der Waals surface area contributed by atoms with Crippen LogP contribution in [0.2, 0.25) is 5.02 Å². The zero-order chi connectivity index (χ0) is 12.3. The van der Waals surface area contributed by atoms with Crippen LogP contribution in [0.1, 0.15) is 11.7 Å². The highest BCUT2D eigenvalue weighted by molar-refractivity contribution is 6.30. The number of aliphatic hydroxyl groups is 1.